The average Bonchev–Trinajstić information content (AvgIpc) is 2.56. The van der Waals surface area contributed by atoms with Crippen LogP contribution in [0.3, 0.4) is 0 Å². The highest BCUT2D eigenvalue weighted by Crippen LogP contribution is 2.21. The van der Waals surface area contributed by atoms with Crippen molar-refractivity contribution < 1.29 is 4.74 Å². The van der Waals surface area contributed by atoms with Crippen LogP contribution in [0.5, 0.6) is 0 Å². The number of nitrogens with zero attached hydrogens (tertiary/aromatic N) is 2. The molecule has 0 radical (unpaired) electrons. The third kappa shape index (κ3) is 9.82. The highest BCUT2D eigenvalue weighted by molar-refractivity contribution is 5.79. The SMILES string of the molecule is CN=C(NCCCOCC(C)C)NCCN(C)C1CCCCC1. The summed E-state index contributed by atoms with van der Waals surface area (Å²) in [5, 5.41) is 6.76. The molecule has 1 aliphatic rings. The monoisotopic (exact) mass is 326 g/mol. The maximum atomic E-state index is 5.58. The van der Waals surface area contributed by atoms with E-state index in [0.29, 0.717) is 5.92 Å². The highest BCUT2D eigenvalue weighted by Gasteiger charge is 2.17. The maximum Gasteiger partial charge on any atom is 0.191 e. The Balaban J connectivity index is 2.04. The van der Waals surface area contributed by atoms with Gasteiger partial charge in [-0.05, 0) is 32.2 Å². The van der Waals surface area contributed by atoms with Gasteiger partial charge in [0.05, 0.1) is 0 Å². The van der Waals surface area contributed by atoms with Gasteiger partial charge in [0.1, 0.15) is 0 Å². The maximum absolute atomic E-state index is 5.58. The minimum atomic E-state index is 0.610. The molecule has 0 saturated heterocycles. The molecule has 2 N–H and O–H groups in total. The summed E-state index contributed by atoms with van der Waals surface area (Å²) in [6.45, 7) is 8.92. The fraction of sp³-hybridized carbons (Fsp3) is 0.944. The van der Waals surface area contributed by atoms with Crippen molar-refractivity contribution in [2.75, 3.05) is 46.9 Å². The Morgan fingerprint density at radius 3 is 2.52 bits per heavy atom. The Bertz CT molecular complexity index is 314. The van der Waals surface area contributed by atoms with Crippen LogP contribution in [0.15, 0.2) is 4.99 Å². The van der Waals surface area contributed by atoms with Crippen LogP contribution in [0.25, 0.3) is 0 Å². The van der Waals surface area contributed by atoms with Gasteiger partial charge in [-0.15, -0.1) is 0 Å². The van der Waals surface area contributed by atoms with Gasteiger partial charge in [0.15, 0.2) is 5.96 Å². The van der Waals surface area contributed by atoms with Gasteiger partial charge in [-0.2, -0.15) is 0 Å². The van der Waals surface area contributed by atoms with Crippen molar-refractivity contribution in [3.8, 4) is 0 Å². The van der Waals surface area contributed by atoms with Crippen molar-refractivity contribution in [2.24, 2.45) is 10.9 Å². The summed E-state index contributed by atoms with van der Waals surface area (Å²) in [6, 6.07) is 0.777. The van der Waals surface area contributed by atoms with Gasteiger partial charge in [-0.1, -0.05) is 33.1 Å². The Morgan fingerprint density at radius 1 is 1.17 bits per heavy atom. The topological polar surface area (TPSA) is 48.9 Å². The zero-order valence-corrected chi connectivity index (χ0v) is 15.7. The Kier molecular flexibility index (Phi) is 11.1. The molecular formula is C18H38N4O. The minimum Gasteiger partial charge on any atom is -0.381 e. The summed E-state index contributed by atoms with van der Waals surface area (Å²) in [5.74, 6) is 1.50. The van der Waals surface area contributed by atoms with Crippen molar-refractivity contribution >= 4 is 5.96 Å². The molecule has 0 unspecified atom stereocenters. The summed E-state index contributed by atoms with van der Waals surface area (Å²) in [4.78, 5) is 6.78. The number of guanidine groups is 1. The molecule has 23 heavy (non-hydrogen) atoms. The van der Waals surface area contributed by atoms with Crippen LogP contribution in [-0.2, 0) is 4.74 Å². The van der Waals surface area contributed by atoms with Crippen LogP contribution in [-0.4, -0.2) is 63.8 Å². The van der Waals surface area contributed by atoms with E-state index in [1.54, 1.807) is 0 Å². The lowest BCUT2D eigenvalue weighted by atomic mass is 9.94. The lowest BCUT2D eigenvalue weighted by Crippen LogP contribution is -2.43. The molecule has 5 nitrogen and oxygen atoms in total. The predicted octanol–water partition coefficient (Wildman–Crippen LogP) is 2.48. The highest BCUT2D eigenvalue weighted by atomic mass is 16.5. The first-order valence-corrected chi connectivity index (χ1v) is 9.36. The standard InChI is InChI=1S/C18H38N4O/c1-16(2)15-23-14-8-11-20-18(19-3)21-12-13-22(4)17-9-6-5-7-10-17/h16-17H,5-15H2,1-4H3,(H2,19,20,21). The second kappa shape index (κ2) is 12.6. The molecule has 5 heteroatoms. The van der Waals surface area contributed by atoms with Gasteiger partial charge in [0, 0.05) is 45.9 Å². The summed E-state index contributed by atoms with van der Waals surface area (Å²) in [6.07, 6.45) is 7.93. The second-order valence-corrected chi connectivity index (χ2v) is 7.02. The second-order valence-electron chi connectivity index (χ2n) is 7.02. The smallest absolute Gasteiger partial charge is 0.191 e. The first kappa shape index (κ1) is 20.2. The van der Waals surface area contributed by atoms with Crippen molar-refractivity contribution in [3.63, 3.8) is 0 Å². The summed E-state index contributed by atoms with van der Waals surface area (Å²) < 4.78 is 5.58. The molecule has 136 valence electrons. The molecule has 0 aromatic heterocycles. The van der Waals surface area contributed by atoms with Crippen LogP contribution in [0.1, 0.15) is 52.4 Å². The summed E-state index contributed by atoms with van der Waals surface area (Å²) in [7, 11) is 4.08. The van der Waals surface area contributed by atoms with E-state index < -0.39 is 0 Å². The first-order chi connectivity index (χ1) is 11.1. The van der Waals surface area contributed by atoms with Crippen molar-refractivity contribution in [3.05, 3.63) is 0 Å². The van der Waals surface area contributed by atoms with Crippen LogP contribution >= 0.6 is 0 Å². The van der Waals surface area contributed by atoms with Crippen LogP contribution in [0.2, 0.25) is 0 Å². The van der Waals surface area contributed by atoms with Crippen LogP contribution < -0.4 is 10.6 Å². The molecule has 0 aromatic rings. The number of ether oxygens (including phenoxy) is 1. The zero-order valence-electron chi connectivity index (χ0n) is 15.7. The third-order valence-electron chi connectivity index (χ3n) is 4.39. The number of likely N-dealkylation sites (N-methyl/N-ethyl adjacent to an activating group) is 1. The molecule has 1 rings (SSSR count). The van der Waals surface area contributed by atoms with Gasteiger partial charge in [0.25, 0.3) is 0 Å². The number of nitrogens with one attached hydrogen (secondary N) is 2. The van der Waals surface area contributed by atoms with Gasteiger partial charge in [-0.3, -0.25) is 4.99 Å². The number of hydrogen-bond acceptors (Lipinski definition) is 3. The van der Waals surface area contributed by atoms with E-state index in [0.717, 1.165) is 51.3 Å². The van der Waals surface area contributed by atoms with Crippen LogP contribution in [0, 0.1) is 5.92 Å². The molecule has 0 atom stereocenters. The summed E-state index contributed by atoms with van der Waals surface area (Å²) >= 11 is 0. The quantitative estimate of drug-likeness (QED) is 0.368. The fourth-order valence-corrected chi connectivity index (χ4v) is 2.98. The minimum absolute atomic E-state index is 0.610. The Hall–Kier alpha value is -0.810. The number of aliphatic imine (C=N–C) groups is 1. The molecule has 1 fully saturated rings. The lowest BCUT2D eigenvalue weighted by molar-refractivity contribution is 0.108. The Labute approximate surface area is 143 Å². The summed E-state index contributed by atoms with van der Waals surface area (Å²) in [5.41, 5.74) is 0. The molecule has 0 spiro atoms. The van der Waals surface area contributed by atoms with Crippen LogP contribution in [0.4, 0.5) is 0 Å². The molecule has 0 aliphatic heterocycles. The molecule has 0 amide bonds. The average molecular weight is 327 g/mol. The van der Waals surface area contributed by atoms with E-state index in [2.05, 4.69) is 41.4 Å². The number of hydrogen-bond donors (Lipinski definition) is 2. The molecule has 0 heterocycles. The van der Waals surface area contributed by atoms with Gasteiger partial charge < -0.3 is 20.3 Å². The number of rotatable bonds is 10. The van der Waals surface area contributed by atoms with E-state index in [-0.39, 0.29) is 0 Å². The molecule has 0 bridgehead atoms. The van der Waals surface area contributed by atoms with Crippen molar-refractivity contribution in [2.45, 2.75) is 58.4 Å². The van der Waals surface area contributed by atoms with Crippen molar-refractivity contribution in [1.29, 1.82) is 0 Å². The van der Waals surface area contributed by atoms with E-state index in [1.807, 2.05) is 7.05 Å². The zero-order chi connectivity index (χ0) is 16.9. The fourth-order valence-electron chi connectivity index (χ4n) is 2.98. The molecular weight excluding hydrogens is 288 g/mol. The predicted molar refractivity (Wildman–Crippen MR) is 99.1 cm³/mol. The third-order valence-corrected chi connectivity index (χ3v) is 4.39. The van der Waals surface area contributed by atoms with Gasteiger partial charge in [0.2, 0.25) is 0 Å². The molecule has 1 saturated carbocycles. The molecule has 0 aromatic carbocycles. The van der Waals surface area contributed by atoms with E-state index in [4.69, 9.17) is 4.74 Å². The Morgan fingerprint density at radius 2 is 1.87 bits per heavy atom. The van der Waals surface area contributed by atoms with E-state index in [9.17, 15) is 0 Å². The molecule has 1 aliphatic carbocycles. The van der Waals surface area contributed by atoms with Crippen molar-refractivity contribution in [1.82, 2.24) is 15.5 Å². The van der Waals surface area contributed by atoms with Gasteiger partial charge in [-0.25, -0.2) is 0 Å². The normalized spacial score (nSPS) is 17.0. The largest absolute Gasteiger partial charge is 0.381 e. The van der Waals surface area contributed by atoms with Gasteiger partial charge >= 0.3 is 0 Å². The van der Waals surface area contributed by atoms with E-state index >= 15 is 0 Å². The van der Waals surface area contributed by atoms with E-state index in [1.165, 1.54) is 32.1 Å². The lowest BCUT2D eigenvalue weighted by Gasteiger charge is -2.31. The first-order valence-electron chi connectivity index (χ1n) is 9.36.